The number of nitrogens with zero attached hydrogens (tertiary/aromatic N) is 4. The standard InChI is InChI=1S/C20H16BrN5OS/c1-12-17-10-14(11-23-18(17)26(2)25-12)24-19(27)16-4-3-9-22-20(16)28-15-7-5-13(21)6-8-15/h3-11H,1-2H3,(H,24,27). The number of hydrogen-bond donors (Lipinski definition) is 1. The molecule has 3 aromatic heterocycles. The van der Waals surface area contributed by atoms with Gasteiger partial charge in [0.05, 0.1) is 23.1 Å². The second kappa shape index (κ2) is 7.73. The van der Waals surface area contributed by atoms with Crippen LogP contribution >= 0.6 is 27.7 Å². The van der Waals surface area contributed by atoms with Gasteiger partial charge in [-0.15, -0.1) is 0 Å². The van der Waals surface area contributed by atoms with Crippen molar-refractivity contribution in [2.24, 2.45) is 7.05 Å². The third-order valence-corrected chi connectivity index (χ3v) is 5.72. The molecule has 0 bridgehead atoms. The van der Waals surface area contributed by atoms with Crippen molar-refractivity contribution in [2.75, 3.05) is 5.32 Å². The molecule has 0 aliphatic carbocycles. The van der Waals surface area contributed by atoms with Gasteiger partial charge in [0.25, 0.3) is 5.91 Å². The van der Waals surface area contributed by atoms with E-state index in [1.165, 1.54) is 11.8 Å². The molecule has 0 aliphatic rings. The minimum Gasteiger partial charge on any atom is -0.320 e. The summed E-state index contributed by atoms with van der Waals surface area (Å²) < 4.78 is 2.73. The first-order valence-corrected chi connectivity index (χ1v) is 10.1. The molecule has 1 N–H and O–H groups in total. The van der Waals surface area contributed by atoms with Crippen LogP contribution in [-0.2, 0) is 7.05 Å². The van der Waals surface area contributed by atoms with E-state index in [0.717, 1.165) is 26.1 Å². The van der Waals surface area contributed by atoms with Gasteiger partial charge in [-0.2, -0.15) is 5.10 Å². The quantitative estimate of drug-likeness (QED) is 0.478. The van der Waals surface area contributed by atoms with Crippen LogP contribution in [0, 0.1) is 6.92 Å². The maximum atomic E-state index is 12.9. The van der Waals surface area contributed by atoms with Crippen molar-refractivity contribution in [3.8, 4) is 0 Å². The summed E-state index contributed by atoms with van der Waals surface area (Å²) in [6, 6.07) is 13.3. The van der Waals surface area contributed by atoms with Crippen molar-refractivity contribution in [1.82, 2.24) is 19.7 Å². The molecule has 1 aromatic carbocycles. The van der Waals surface area contributed by atoms with Gasteiger partial charge in [0.1, 0.15) is 5.03 Å². The zero-order valence-electron chi connectivity index (χ0n) is 15.2. The van der Waals surface area contributed by atoms with Gasteiger partial charge in [0.15, 0.2) is 5.65 Å². The number of benzene rings is 1. The number of carbonyl (C=O) groups is 1. The summed E-state index contributed by atoms with van der Waals surface area (Å²) in [6.07, 6.45) is 3.32. The molecule has 0 spiro atoms. The Hall–Kier alpha value is -2.71. The summed E-state index contributed by atoms with van der Waals surface area (Å²) in [5.74, 6) is -0.226. The number of hydrogen-bond acceptors (Lipinski definition) is 5. The molecule has 0 saturated heterocycles. The van der Waals surface area contributed by atoms with Crippen molar-refractivity contribution in [3.63, 3.8) is 0 Å². The Morgan fingerprint density at radius 2 is 1.96 bits per heavy atom. The maximum absolute atomic E-state index is 12.9. The zero-order chi connectivity index (χ0) is 19.7. The predicted octanol–water partition coefficient (Wildman–Crippen LogP) is 4.84. The fourth-order valence-electron chi connectivity index (χ4n) is 2.83. The second-order valence-electron chi connectivity index (χ2n) is 6.17. The molecular weight excluding hydrogens is 438 g/mol. The van der Waals surface area contributed by atoms with Gasteiger partial charge in [-0.05, 0) is 49.4 Å². The number of amides is 1. The van der Waals surface area contributed by atoms with Crippen LogP contribution in [0.1, 0.15) is 16.1 Å². The molecule has 0 fully saturated rings. The van der Waals surface area contributed by atoms with Gasteiger partial charge >= 0.3 is 0 Å². The van der Waals surface area contributed by atoms with Crippen LogP contribution in [0.15, 0.2) is 69.3 Å². The average molecular weight is 454 g/mol. The van der Waals surface area contributed by atoms with Crippen LogP contribution in [0.4, 0.5) is 5.69 Å². The number of fused-ring (bicyclic) bond motifs is 1. The first kappa shape index (κ1) is 18.6. The third kappa shape index (κ3) is 3.79. The highest BCUT2D eigenvalue weighted by molar-refractivity contribution is 9.10. The summed E-state index contributed by atoms with van der Waals surface area (Å²) in [5.41, 5.74) is 2.78. The lowest BCUT2D eigenvalue weighted by atomic mass is 10.2. The van der Waals surface area contributed by atoms with E-state index in [0.29, 0.717) is 16.3 Å². The van der Waals surface area contributed by atoms with Crippen molar-refractivity contribution in [3.05, 3.63) is 70.6 Å². The minimum atomic E-state index is -0.226. The number of rotatable bonds is 4. The molecule has 4 aromatic rings. The Morgan fingerprint density at radius 3 is 2.75 bits per heavy atom. The van der Waals surface area contributed by atoms with E-state index >= 15 is 0 Å². The SMILES string of the molecule is Cc1nn(C)c2ncc(NC(=O)c3cccnc3Sc3ccc(Br)cc3)cc12. The molecule has 0 saturated carbocycles. The van der Waals surface area contributed by atoms with E-state index in [4.69, 9.17) is 0 Å². The normalized spacial score (nSPS) is 11.0. The molecule has 3 heterocycles. The number of pyridine rings is 2. The minimum absolute atomic E-state index is 0.226. The average Bonchev–Trinajstić information content (AvgIpc) is 2.97. The number of anilines is 1. The highest BCUT2D eigenvalue weighted by atomic mass is 79.9. The summed E-state index contributed by atoms with van der Waals surface area (Å²) in [7, 11) is 1.85. The molecular formula is C20H16BrN5OS. The number of carbonyl (C=O) groups excluding carboxylic acids is 1. The number of nitrogens with one attached hydrogen (secondary N) is 1. The van der Waals surface area contributed by atoms with Crippen molar-refractivity contribution in [2.45, 2.75) is 16.8 Å². The smallest absolute Gasteiger partial charge is 0.258 e. The first-order valence-electron chi connectivity index (χ1n) is 8.50. The third-order valence-electron chi connectivity index (χ3n) is 4.16. The predicted molar refractivity (Wildman–Crippen MR) is 114 cm³/mol. The monoisotopic (exact) mass is 453 g/mol. The van der Waals surface area contributed by atoms with E-state index in [1.54, 1.807) is 29.2 Å². The number of halogens is 1. The van der Waals surface area contributed by atoms with Crippen LogP contribution in [0.25, 0.3) is 11.0 Å². The van der Waals surface area contributed by atoms with E-state index < -0.39 is 0 Å². The van der Waals surface area contributed by atoms with Crippen LogP contribution in [0.2, 0.25) is 0 Å². The molecule has 0 radical (unpaired) electrons. The zero-order valence-corrected chi connectivity index (χ0v) is 17.6. The van der Waals surface area contributed by atoms with Crippen LogP contribution in [0.3, 0.4) is 0 Å². The Balaban J connectivity index is 1.60. The summed E-state index contributed by atoms with van der Waals surface area (Å²) in [6.45, 7) is 1.92. The summed E-state index contributed by atoms with van der Waals surface area (Å²) in [5, 5.41) is 8.84. The Bertz CT molecular complexity index is 1170. The molecule has 4 rings (SSSR count). The van der Waals surface area contributed by atoms with Gasteiger partial charge in [-0.25, -0.2) is 9.97 Å². The first-order chi connectivity index (χ1) is 13.5. The van der Waals surface area contributed by atoms with E-state index in [-0.39, 0.29) is 5.91 Å². The molecule has 140 valence electrons. The van der Waals surface area contributed by atoms with Crippen LogP contribution < -0.4 is 5.32 Å². The molecule has 0 aliphatic heterocycles. The molecule has 6 nitrogen and oxygen atoms in total. The lowest BCUT2D eigenvalue weighted by Crippen LogP contribution is -2.13. The van der Waals surface area contributed by atoms with Gasteiger partial charge in [0, 0.05) is 28.0 Å². The van der Waals surface area contributed by atoms with Gasteiger partial charge in [-0.3, -0.25) is 9.48 Å². The fraction of sp³-hybridized carbons (Fsp3) is 0.100. The maximum Gasteiger partial charge on any atom is 0.258 e. The molecule has 8 heteroatoms. The largest absolute Gasteiger partial charge is 0.320 e. The second-order valence-corrected chi connectivity index (χ2v) is 8.15. The lowest BCUT2D eigenvalue weighted by Gasteiger charge is -2.09. The molecule has 0 unspecified atom stereocenters. The van der Waals surface area contributed by atoms with Crippen LogP contribution in [-0.4, -0.2) is 25.7 Å². The van der Waals surface area contributed by atoms with Gasteiger partial charge in [0.2, 0.25) is 0 Å². The van der Waals surface area contributed by atoms with Gasteiger partial charge < -0.3 is 5.32 Å². The van der Waals surface area contributed by atoms with Crippen LogP contribution in [0.5, 0.6) is 0 Å². The summed E-state index contributed by atoms with van der Waals surface area (Å²) >= 11 is 4.88. The number of aryl methyl sites for hydroxylation is 2. The topological polar surface area (TPSA) is 72.7 Å². The highest BCUT2D eigenvalue weighted by Gasteiger charge is 2.15. The Morgan fingerprint density at radius 1 is 1.18 bits per heavy atom. The van der Waals surface area contributed by atoms with Crippen molar-refractivity contribution in [1.29, 1.82) is 0 Å². The molecule has 1 amide bonds. The Kier molecular flexibility index (Phi) is 5.15. The summed E-state index contributed by atoms with van der Waals surface area (Å²) in [4.78, 5) is 22.7. The highest BCUT2D eigenvalue weighted by Crippen LogP contribution is 2.30. The van der Waals surface area contributed by atoms with E-state index in [1.807, 2.05) is 44.3 Å². The number of aromatic nitrogens is 4. The van der Waals surface area contributed by atoms with E-state index in [9.17, 15) is 4.79 Å². The van der Waals surface area contributed by atoms with Gasteiger partial charge in [-0.1, -0.05) is 27.7 Å². The lowest BCUT2D eigenvalue weighted by molar-refractivity contribution is 0.102. The van der Waals surface area contributed by atoms with Crippen molar-refractivity contribution >= 4 is 50.3 Å². The van der Waals surface area contributed by atoms with Crippen molar-refractivity contribution < 1.29 is 4.79 Å². The Labute approximate surface area is 174 Å². The molecule has 28 heavy (non-hydrogen) atoms. The fourth-order valence-corrected chi connectivity index (χ4v) is 3.98. The molecule has 0 atom stereocenters. The van der Waals surface area contributed by atoms with E-state index in [2.05, 4.69) is 36.3 Å².